The summed E-state index contributed by atoms with van der Waals surface area (Å²) in [5.41, 5.74) is 14.7. The van der Waals surface area contributed by atoms with E-state index in [9.17, 15) is 0 Å². The molecule has 0 saturated heterocycles. The fourth-order valence-electron chi connectivity index (χ4n) is 1.94. The molecule has 0 radical (unpaired) electrons. The predicted molar refractivity (Wildman–Crippen MR) is 68.2 cm³/mol. The quantitative estimate of drug-likeness (QED) is 0.436. The molecule has 0 fully saturated rings. The van der Waals surface area contributed by atoms with Crippen molar-refractivity contribution in [3.63, 3.8) is 0 Å². The van der Waals surface area contributed by atoms with Crippen molar-refractivity contribution in [3.05, 3.63) is 42.7 Å². The van der Waals surface area contributed by atoms with Crippen molar-refractivity contribution < 1.29 is 4.57 Å². The van der Waals surface area contributed by atoms with E-state index in [4.69, 9.17) is 11.5 Å². The summed E-state index contributed by atoms with van der Waals surface area (Å²) in [5, 5.41) is 6.67. The molecule has 0 spiro atoms. The van der Waals surface area contributed by atoms with E-state index in [-0.39, 0.29) is 6.29 Å². The fourth-order valence-corrected chi connectivity index (χ4v) is 1.94. The highest BCUT2D eigenvalue weighted by atomic mass is 15.3. The van der Waals surface area contributed by atoms with Crippen molar-refractivity contribution in [2.75, 3.05) is 22.1 Å². The van der Waals surface area contributed by atoms with Crippen LogP contribution in [0.25, 0.3) is 0 Å². The minimum Gasteiger partial charge on any atom is -0.397 e. The van der Waals surface area contributed by atoms with Gasteiger partial charge in [-0.05, 0) is 12.1 Å². The lowest BCUT2D eigenvalue weighted by molar-refractivity contribution is -0.710. The molecule has 1 aliphatic rings. The van der Waals surface area contributed by atoms with Gasteiger partial charge in [0.15, 0.2) is 12.4 Å². The number of hydrogen-bond acceptors (Lipinski definition) is 4. The molecule has 2 heterocycles. The smallest absolute Gasteiger partial charge is 0.311 e. The number of pyridine rings is 1. The van der Waals surface area contributed by atoms with Gasteiger partial charge in [0.05, 0.1) is 22.7 Å². The van der Waals surface area contributed by atoms with Crippen LogP contribution in [0.2, 0.25) is 0 Å². The van der Waals surface area contributed by atoms with Gasteiger partial charge in [-0.25, -0.2) is 0 Å². The third kappa shape index (κ3) is 1.61. The van der Waals surface area contributed by atoms with Crippen molar-refractivity contribution in [2.24, 2.45) is 0 Å². The van der Waals surface area contributed by atoms with E-state index >= 15 is 0 Å². The summed E-state index contributed by atoms with van der Waals surface area (Å²) in [6.07, 6.45) is 3.97. The van der Waals surface area contributed by atoms with Gasteiger partial charge in [-0.15, -0.1) is 0 Å². The van der Waals surface area contributed by atoms with Crippen LogP contribution in [-0.4, -0.2) is 0 Å². The standard InChI is InChI=1S/C12H14N5/c13-8-6-10-11(7-9(8)14)16-12(15-10)17-4-2-1-3-5-17/h1-7,12,15-16H,13-14H2/q+1. The van der Waals surface area contributed by atoms with Crippen LogP contribution in [0.5, 0.6) is 0 Å². The lowest BCUT2D eigenvalue weighted by atomic mass is 10.2. The molecule has 86 valence electrons. The Morgan fingerprint density at radius 2 is 1.41 bits per heavy atom. The van der Waals surface area contributed by atoms with E-state index in [1.807, 2.05) is 47.3 Å². The lowest BCUT2D eigenvalue weighted by Gasteiger charge is -2.05. The second-order valence-electron chi connectivity index (χ2n) is 4.04. The van der Waals surface area contributed by atoms with Crippen LogP contribution in [0.1, 0.15) is 6.29 Å². The molecule has 5 nitrogen and oxygen atoms in total. The van der Waals surface area contributed by atoms with Crippen molar-refractivity contribution in [1.82, 2.24) is 0 Å². The second-order valence-corrected chi connectivity index (χ2v) is 4.04. The van der Waals surface area contributed by atoms with Gasteiger partial charge >= 0.3 is 6.29 Å². The number of nitrogens with one attached hydrogen (secondary N) is 2. The highest BCUT2D eigenvalue weighted by Crippen LogP contribution is 2.35. The minimum atomic E-state index is -0.00704. The Labute approximate surface area is 99.1 Å². The molecule has 2 aromatic rings. The van der Waals surface area contributed by atoms with E-state index in [2.05, 4.69) is 10.6 Å². The molecule has 0 aliphatic carbocycles. The van der Waals surface area contributed by atoms with E-state index in [1.165, 1.54) is 0 Å². The van der Waals surface area contributed by atoms with Gasteiger partial charge < -0.3 is 22.1 Å². The van der Waals surface area contributed by atoms with Crippen LogP contribution >= 0.6 is 0 Å². The van der Waals surface area contributed by atoms with Crippen molar-refractivity contribution in [3.8, 4) is 0 Å². The monoisotopic (exact) mass is 228 g/mol. The first kappa shape index (κ1) is 9.77. The number of benzene rings is 1. The molecule has 17 heavy (non-hydrogen) atoms. The zero-order chi connectivity index (χ0) is 11.8. The summed E-state index contributed by atoms with van der Waals surface area (Å²) in [7, 11) is 0. The molecular formula is C12H14N5+. The zero-order valence-electron chi connectivity index (χ0n) is 9.22. The number of fused-ring (bicyclic) bond motifs is 1. The maximum absolute atomic E-state index is 5.78. The summed E-state index contributed by atoms with van der Waals surface area (Å²) in [6, 6.07) is 9.64. The molecule has 1 aromatic heterocycles. The maximum atomic E-state index is 5.78. The molecule has 0 bridgehead atoms. The van der Waals surface area contributed by atoms with Crippen molar-refractivity contribution >= 4 is 22.7 Å². The van der Waals surface area contributed by atoms with Crippen LogP contribution in [-0.2, 0) is 0 Å². The molecule has 6 N–H and O–H groups in total. The minimum absolute atomic E-state index is 0.00704. The topological polar surface area (TPSA) is 80.0 Å². The second kappa shape index (κ2) is 3.55. The number of nitrogens with two attached hydrogens (primary N) is 2. The summed E-state index contributed by atoms with van der Waals surface area (Å²) in [6.45, 7) is 0. The van der Waals surface area contributed by atoms with Gasteiger partial charge in [0.1, 0.15) is 0 Å². The van der Waals surface area contributed by atoms with Crippen LogP contribution in [0.4, 0.5) is 22.7 Å². The molecule has 1 aliphatic heterocycles. The van der Waals surface area contributed by atoms with Gasteiger partial charge in [-0.3, -0.25) is 0 Å². The zero-order valence-corrected chi connectivity index (χ0v) is 9.22. The average molecular weight is 228 g/mol. The summed E-state index contributed by atoms with van der Waals surface area (Å²) >= 11 is 0. The van der Waals surface area contributed by atoms with Gasteiger partial charge in [0.2, 0.25) is 0 Å². The van der Waals surface area contributed by atoms with Crippen molar-refractivity contribution in [2.45, 2.75) is 6.29 Å². The molecule has 5 heteroatoms. The van der Waals surface area contributed by atoms with E-state index < -0.39 is 0 Å². The molecule has 1 aromatic carbocycles. The Kier molecular flexibility index (Phi) is 2.04. The third-order valence-electron chi connectivity index (χ3n) is 2.84. The van der Waals surface area contributed by atoms with Crippen LogP contribution in [0.15, 0.2) is 42.7 Å². The third-order valence-corrected chi connectivity index (χ3v) is 2.84. The summed E-state index contributed by atoms with van der Waals surface area (Å²) < 4.78 is 2.03. The number of nitrogen functional groups attached to an aromatic ring is 2. The van der Waals surface area contributed by atoms with Gasteiger partial charge in [0.25, 0.3) is 0 Å². The van der Waals surface area contributed by atoms with Gasteiger partial charge in [0, 0.05) is 12.1 Å². The van der Waals surface area contributed by atoms with Gasteiger partial charge in [-0.1, -0.05) is 6.07 Å². The van der Waals surface area contributed by atoms with E-state index in [0.717, 1.165) is 11.4 Å². The SMILES string of the molecule is Nc1cc2c(cc1N)NC([n+]1ccccc1)N2. The number of anilines is 4. The van der Waals surface area contributed by atoms with Crippen LogP contribution in [0.3, 0.4) is 0 Å². The largest absolute Gasteiger partial charge is 0.397 e. The van der Waals surface area contributed by atoms with Crippen LogP contribution < -0.4 is 26.7 Å². The van der Waals surface area contributed by atoms with Crippen molar-refractivity contribution in [1.29, 1.82) is 0 Å². The van der Waals surface area contributed by atoms with Crippen LogP contribution in [0, 0.1) is 0 Å². The van der Waals surface area contributed by atoms with Gasteiger partial charge in [-0.2, -0.15) is 4.57 Å². The normalized spacial score (nSPS) is 13.9. The highest BCUT2D eigenvalue weighted by molar-refractivity contribution is 5.83. The average Bonchev–Trinajstić information content (AvgIpc) is 2.74. The Balaban J connectivity index is 1.93. The first-order valence-electron chi connectivity index (χ1n) is 5.42. The Morgan fingerprint density at radius 1 is 0.882 bits per heavy atom. The maximum Gasteiger partial charge on any atom is 0.311 e. The Morgan fingerprint density at radius 3 is 1.94 bits per heavy atom. The molecule has 0 atom stereocenters. The number of hydrogen-bond donors (Lipinski definition) is 4. The number of aromatic nitrogens is 1. The highest BCUT2D eigenvalue weighted by Gasteiger charge is 2.26. The molecule has 0 unspecified atom stereocenters. The number of rotatable bonds is 1. The molecule has 3 rings (SSSR count). The first-order chi connectivity index (χ1) is 8.24. The Hall–Kier alpha value is -2.43. The van der Waals surface area contributed by atoms with E-state index in [1.54, 1.807) is 0 Å². The predicted octanol–water partition coefficient (Wildman–Crippen LogP) is 1.13. The lowest BCUT2D eigenvalue weighted by Crippen LogP contribution is -2.45. The fraction of sp³-hybridized carbons (Fsp3) is 0.0833. The number of nitrogens with zero attached hydrogens (tertiary/aromatic N) is 1. The summed E-state index contributed by atoms with van der Waals surface area (Å²) in [5.74, 6) is 0. The Bertz CT molecular complexity index is 521. The molecular weight excluding hydrogens is 214 g/mol. The summed E-state index contributed by atoms with van der Waals surface area (Å²) in [4.78, 5) is 0. The molecule has 0 amide bonds. The molecule has 0 saturated carbocycles. The first-order valence-corrected chi connectivity index (χ1v) is 5.42. The van der Waals surface area contributed by atoms with E-state index in [0.29, 0.717) is 11.4 Å².